The first-order chi connectivity index (χ1) is 19.8. The summed E-state index contributed by atoms with van der Waals surface area (Å²) in [5, 5.41) is 3.83. The molecule has 1 heteroatoms. The second-order valence-corrected chi connectivity index (χ2v) is 12.3. The van der Waals surface area contributed by atoms with Gasteiger partial charge in [0, 0.05) is 11.4 Å². The molecule has 0 aliphatic heterocycles. The third-order valence-corrected chi connectivity index (χ3v) is 8.69. The van der Waals surface area contributed by atoms with Gasteiger partial charge in [0.2, 0.25) is 0 Å². The standard InChI is InChI=1S/C39H65N/c1-4-7-10-13-16-19-23-28-35-33-34-39(40-36-29-24-22-25-30-36)38(32-27-21-18-15-12-9-6-3)37(35)31-26-20-17-14-11-8-5-2/h22,24-25,29-30,33-34,40H,4-21,23,26-28,31-32H2,1-3H3. The van der Waals surface area contributed by atoms with Crippen LogP contribution in [0.2, 0.25) is 0 Å². The van der Waals surface area contributed by atoms with Gasteiger partial charge in [-0.3, -0.25) is 0 Å². The van der Waals surface area contributed by atoms with E-state index in [4.69, 9.17) is 0 Å². The lowest BCUT2D eigenvalue weighted by atomic mass is 9.88. The molecule has 40 heavy (non-hydrogen) atoms. The molecule has 0 unspecified atom stereocenters. The Morgan fingerprint density at radius 3 is 1.32 bits per heavy atom. The molecule has 2 rings (SSSR count). The number of anilines is 2. The summed E-state index contributed by atoms with van der Waals surface area (Å²) >= 11 is 0. The second kappa shape index (κ2) is 23.9. The smallest absolute Gasteiger partial charge is 0.0419 e. The highest BCUT2D eigenvalue weighted by Gasteiger charge is 2.14. The molecule has 0 fully saturated rings. The molecule has 0 saturated carbocycles. The maximum absolute atomic E-state index is 3.83. The van der Waals surface area contributed by atoms with Crippen molar-refractivity contribution in [2.75, 3.05) is 5.32 Å². The van der Waals surface area contributed by atoms with Gasteiger partial charge in [-0.2, -0.15) is 0 Å². The molecule has 0 saturated heterocycles. The van der Waals surface area contributed by atoms with E-state index in [1.54, 1.807) is 16.7 Å². The molecule has 1 N–H and O–H groups in total. The summed E-state index contributed by atoms with van der Waals surface area (Å²) in [7, 11) is 0. The van der Waals surface area contributed by atoms with E-state index in [2.05, 4.69) is 68.6 Å². The second-order valence-electron chi connectivity index (χ2n) is 12.3. The molecule has 0 radical (unpaired) electrons. The topological polar surface area (TPSA) is 12.0 Å². The van der Waals surface area contributed by atoms with Gasteiger partial charge in [0.15, 0.2) is 0 Å². The summed E-state index contributed by atoms with van der Waals surface area (Å²) in [4.78, 5) is 0. The zero-order valence-electron chi connectivity index (χ0n) is 27.0. The minimum absolute atomic E-state index is 1.21. The maximum atomic E-state index is 3.83. The molecule has 0 atom stereocenters. The largest absolute Gasteiger partial charge is 0.355 e. The molecule has 0 aliphatic carbocycles. The molecule has 1 nitrogen and oxygen atoms in total. The fourth-order valence-corrected chi connectivity index (χ4v) is 6.16. The van der Waals surface area contributed by atoms with Gasteiger partial charge >= 0.3 is 0 Å². The Balaban J connectivity index is 2.12. The highest BCUT2D eigenvalue weighted by molar-refractivity contribution is 5.66. The minimum atomic E-state index is 1.21. The van der Waals surface area contributed by atoms with Crippen LogP contribution in [-0.2, 0) is 19.3 Å². The van der Waals surface area contributed by atoms with Crippen molar-refractivity contribution in [3.8, 4) is 0 Å². The van der Waals surface area contributed by atoms with Crippen molar-refractivity contribution in [3.63, 3.8) is 0 Å². The van der Waals surface area contributed by atoms with Crippen molar-refractivity contribution in [2.24, 2.45) is 0 Å². The van der Waals surface area contributed by atoms with Crippen LogP contribution in [0.3, 0.4) is 0 Å². The van der Waals surface area contributed by atoms with Crippen LogP contribution in [0.1, 0.15) is 172 Å². The number of nitrogens with one attached hydrogen (secondary N) is 1. The molecular weight excluding hydrogens is 482 g/mol. The summed E-state index contributed by atoms with van der Waals surface area (Å²) in [6.45, 7) is 6.94. The lowest BCUT2D eigenvalue weighted by molar-refractivity contribution is 0.578. The Morgan fingerprint density at radius 1 is 0.400 bits per heavy atom. The van der Waals surface area contributed by atoms with Crippen molar-refractivity contribution in [3.05, 3.63) is 59.2 Å². The summed E-state index contributed by atoms with van der Waals surface area (Å²) in [6, 6.07) is 15.7. The lowest BCUT2D eigenvalue weighted by Crippen LogP contribution is -2.06. The van der Waals surface area contributed by atoms with E-state index >= 15 is 0 Å². The molecule has 2 aromatic carbocycles. The van der Waals surface area contributed by atoms with Gasteiger partial charge in [-0.25, -0.2) is 0 Å². The van der Waals surface area contributed by atoms with E-state index in [-0.39, 0.29) is 0 Å². The first-order valence-electron chi connectivity index (χ1n) is 17.8. The number of rotatable bonds is 26. The maximum Gasteiger partial charge on any atom is 0.0419 e. The van der Waals surface area contributed by atoms with Crippen LogP contribution in [0.5, 0.6) is 0 Å². The van der Waals surface area contributed by atoms with Gasteiger partial charge < -0.3 is 5.32 Å². The van der Waals surface area contributed by atoms with Crippen LogP contribution in [0.4, 0.5) is 11.4 Å². The fraction of sp³-hybridized carbons (Fsp3) is 0.692. The van der Waals surface area contributed by atoms with Crippen LogP contribution < -0.4 is 5.32 Å². The first-order valence-corrected chi connectivity index (χ1v) is 17.8. The Morgan fingerprint density at radius 2 is 0.825 bits per heavy atom. The van der Waals surface area contributed by atoms with Gasteiger partial charge in [-0.1, -0.05) is 161 Å². The minimum Gasteiger partial charge on any atom is -0.355 e. The molecule has 0 aromatic heterocycles. The van der Waals surface area contributed by atoms with Crippen LogP contribution in [0, 0.1) is 0 Å². The molecule has 0 amide bonds. The van der Waals surface area contributed by atoms with Gasteiger partial charge in [0.05, 0.1) is 0 Å². The van der Waals surface area contributed by atoms with E-state index in [9.17, 15) is 0 Å². The zero-order chi connectivity index (χ0) is 28.5. The van der Waals surface area contributed by atoms with E-state index in [0.29, 0.717) is 0 Å². The van der Waals surface area contributed by atoms with Gasteiger partial charge in [0.1, 0.15) is 0 Å². The number of hydrogen-bond acceptors (Lipinski definition) is 1. The highest BCUT2D eigenvalue weighted by Crippen LogP contribution is 2.31. The highest BCUT2D eigenvalue weighted by atomic mass is 14.9. The predicted molar refractivity (Wildman–Crippen MR) is 181 cm³/mol. The third kappa shape index (κ3) is 15.3. The van der Waals surface area contributed by atoms with Crippen LogP contribution in [-0.4, -0.2) is 0 Å². The third-order valence-electron chi connectivity index (χ3n) is 8.69. The van der Waals surface area contributed by atoms with E-state index in [1.165, 1.54) is 165 Å². The van der Waals surface area contributed by atoms with Crippen molar-refractivity contribution in [1.29, 1.82) is 0 Å². The average molecular weight is 548 g/mol. The van der Waals surface area contributed by atoms with Crippen molar-refractivity contribution < 1.29 is 0 Å². The average Bonchev–Trinajstić information content (AvgIpc) is 2.98. The molecule has 226 valence electrons. The summed E-state index contributed by atoms with van der Waals surface area (Å²) in [5.41, 5.74) is 7.55. The molecule has 2 aromatic rings. The zero-order valence-corrected chi connectivity index (χ0v) is 27.0. The number of aryl methyl sites for hydroxylation is 1. The molecule has 0 heterocycles. The number of hydrogen-bond donors (Lipinski definition) is 1. The fourth-order valence-electron chi connectivity index (χ4n) is 6.16. The monoisotopic (exact) mass is 548 g/mol. The van der Waals surface area contributed by atoms with Crippen LogP contribution in [0.25, 0.3) is 0 Å². The molecule has 0 spiro atoms. The molecular formula is C39H65N. The van der Waals surface area contributed by atoms with Crippen molar-refractivity contribution in [2.45, 2.75) is 175 Å². The normalized spacial score (nSPS) is 11.3. The summed E-state index contributed by atoms with van der Waals surface area (Å²) in [5.74, 6) is 0. The predicted octanol–water partition coefficient (Wildman–Crippen LogP) is 13.3. The summed E-state index contributed by atoms with van der Waals surface area (Å²) in [6.07, 6.45) is 32.8. The summed E-state index contributed by atoms with van der Waals surface area (Å²) < 4.78 is 0. The molecule has 0 bridgehead atoms. The van der Waals surface area contributed by atoms with Crippen LogP contribution >= 0.6 is 0 Å². The SMILES string of the molecule is CCCCCCCCCc1ccc(Nc2ccccc2)c(CCCCCCCCC)c1CCCCCCCCC. The Hall–Kier alpha value is -1.76. The first kappa shape index (κ1) is 34.4. The number of unbranched alkanes of at least 4 members (excludes halogenated alkanes) is 18. The van der Waals surface area contributed by atoms with E-state index < -0.39 is 0 Å². The van der Waals surface area contributed by atoms with E-state index in [1.807, 2.05) is 0 Å². The van der Waals surface area contributed by atoms with E-state index in [0.717, 1.165) is 0 Å². The lowest BCUT2D eigenvalue weighted by Gasteiger charge is -2.21. The Kier molecular flexibility index (Phi) is 20.6. The Labute approximate surface area is 250 Å². The van der Waals surface area contributed by atoms with Gasteiger partial charge in [0.25, 0.3) is 0 Å². The van der Waals surface area contributed by atoms with Crippen molar-refractivity contribution in [1.82, 2.24) is 0 Å². The molecule has 0 aliphatic rings. The van der Waals surface area contributed by atoms with Crippen molar-refractivity contribution >= 4 is 11.4 Å². The number of benzene rings is 2. The number of para-hydroxylation sites is 1. The van der Waals surface area contributed by atoms with Gasteiger partial charge in [-0.15, -0.1) is 0 Å². The van der Waals surface area contributed by atoms with Gasteiger partial charge in [-0.05, 0) is 73.4 Å². The Bertz CT molecular complexity index is 839. The quantitative estimate of drug-likeness (QED) is 0.115. The van der Waals surface area contributed by atoms with Crippen LogP contribution in [0.15, 0.2) is 42.5 Å².